The summed E-state index contributed by atoms with van der Waals surface area (Å²) in [7, 11) is -1.85. The van der Waals surface area contributed by atoms with Crippen LogP contribution in [-0.2, 0) is 0 Å². The van der Waals surface area contributed by atoms with E-state index < -0.39 is 8.24 Å². The second kappa shape index (κ2) is 14.3. The van der Waals surface area contributed by atoms with Gasteiger partial charge >= 0.3 is 26.2 Å². The van der Waals surface area contributed by atoms with Gasteiger partial charge in [0.25, 0.3) is 0 Å². The van der Waals surface area contributed by atoms with Crippen molar-refractivity contribution in [2.45, 2.75) is 38.4 Å². The van der Waals surface area contributed by atoms with Gasteiger partial charge in [0.2, 0.25) is 0 Å². The Hall–Kier alpha value is -2.71. The molecule has 0 N–H and O–H groups in total. The van der Waals surface area contributed by atoms with E-state index in [1.54, 1.807) is 0 Å². The van der Waals surface area contributed by atoms with Crippen LogP contribution in [0.15, 0.2) is 133 Å². The van der Waals surface area contributed by atoms with Crippen LogP contribution >= 0.6 is 0 Å². The number of hydrogen-bond donors (Lipinski definition) is 0. The van der Waals surface area contributed by atoms with E-state index in [9.17, 15) is 0 Å². The number of rotatable bonds is 8. The summed E-state index contributed by atoms with van der Waals surface area (Å²) in [6.45, 7) is 9.23. The summed E-state index contributed by atoms with van der Waals surface area (Å²) in [6, 6.07) is 48.4. The van der Waals surface area contributed by atoms with Crippen LogP contribution < -0.4 is 12.4 Å². The van der Waals surface area contributed by atoms with Gasteiger partial charge in [-0.1, -0.05) is 170 Å². The van der Waals surface area contributed by atoms with Crippen molar-refractivity contribution in [3.63, 3.8) is 0 Å². The Morgan fingerprint density at radius 3 is 1.02 bits per heavy atom. The third-order valence-corrected chi connectivity index (χ3v) is 7.81. The van der Waals surface area contributed by atoms with Crippen LogP contribution in [0.1, 0.15) is 50.8 Å². The molecular formula is C36H36BiClNSi+. The minimum atomic E-state index is -1.85. The molecule has 4 heteroatoms. The van der Waals surface area contributed by atoms with E-state index in [2.05, 4.69) is 160 Å². The first-order chi connectivity index (χ1) is 18.4. The molecule has 0 heterocycles. The Kier molecular flexibility index (Phi) is 11.3. The zero-order chi connectivity index (χ0) is 26.5. The van der Waals surface area contributed by atoms with Gasteiger partial charge in [-0.05, 0) is 37.4 Å². The van der Waals surface area contributed by atoms with Gasteiger partial charge in [-0.3, -0.25) is 0 Å². The average molecular weight is 755 g/mol. The molecule has 0 aliphatic carbocycles. The van der Waals surface area contributed by atoms with Gasteiger partial charge in [-0.2, -0.15) is 0 Å². The summed E-state index contributed by atoms with van der Waals surface area (Å²) < 4.78 is 0. The van der Waals surface area contributed by atoms with Crippen molar-refractivity contribution < 1.29 is 12.4 Å². The summed E-state index contributed by atoms with van der Waals surface area (Å²) in [5.41, 5.74) is 10.2. The van der Waals surface area contributed by atoms with Crippen molar-refractivity contribution in [2.24, 2.45) is 0 Å². The zero-order valence-electron chi connectivity index (χ0n) is 23.6. The van der Waals surface area contributed by atoms with Crippen LogP contribution in [0.4, 0.5) is 5.69 Å². The number of aryl methyl sites for hydroxylation is 1. The molecule has 5 aromatic rings. The van der Waals surface area contributed by atoms with E-state index in [1.807, 2.05) is 0 Å². The van der Waals surface area contributed by atoms with Gasteiger partial charge in [-0.25, -0.2) is 0 Å². The van der Waals surface area contributed by atoms with Crippen molar-refractivity contribution in [3.05, 3.63) is 177 Å². The molecule has 0 spiro atoms. The molecule has 0 saturated heterocycles. The minimum absolute atomic E-state index is 0. The van der Waals surface area contributed by atoms with Gasteiger partial charge in [0.05, 0.1) is 0 Å². The van der Waals surface area contributed by atoms with Gasteiger partial charge in [-0.15, -0.1) is 5.69 Å². The SMILES string of the molecule is Cc1cc(C(c2ccccc2)c2ccccc2)c([N-][Si](C)(C)C)c(C(c2ccccc2)c2ccccc2)c1.[Bi+3].[Cl-]. The molecule has 1 nitrogen and oxygen atoms in total. The van der Waals surface area contributed by atoms with Crippen LogP contribution in [-0.4, -0.2) is 34.4 Å². The molecule has 0 amide bonds. The number of halogens is 1. The third kappa shape index (κ3) is 7.52. The fourth-order valence-electron chi connectivity index (χ4n) is 5.43. The summed E-state index contributed by atoms with van der Waals surface area (Å²) >= 11 is 0. The fourth-order valence-corrected chi connectivity index (χ4v) is 6.35. The van der Waals surface area contributed by atoms with Gasteiger partial charge in [0, 0.05) is 11.8 Å². The standard InChI is InChI=1S/C36H36NSi.Bi.ClH/c1-27-25-32(34(28-17-9-5-10-18-28)29-19-11-6-12-20-29)36(37-38(2,3)4)33(26-27)35(30-21-13-7-14-22-30)31-23-15-8-16-24-31;;/h5-26,34-35H,1-4H3;;1H/q-1;+3;/p-1. The van der Waals surface area contributed by atoms with Crippen molar-refractivity contribution in [1.29, 1.82) is 0 Å². The smallest absolute Gasteiger partial charge is 1.00 e. The monoisotopic (exact) mass is 754 g/mol. The van der Waals surface area contributed by atoms with Crippen LogP contribution in [0.25, 0.3) is 4.98 Å². The third-order valence-electron chi connectivity index (χ3n) is 6.91. The Bertz CT molecular complexity index is 1290. The molecule has 0 saturated carbocycles. The van der Waals surface area contributed by atoms with Crippen LogP contribution in [0, 0.1) is 6.92 Å². The molecule has 0 atom stereocenters. The molecule has 0 fully saturated rings. The summed E-state index contributed by atoms with van der Waals surface area (Å²) in [5.74, 6) is 0.191. The second-order valence-corrected chi connectivity index (χ2v) is 15.6. The van der Waals surface area contributed by atoms with E-state index in [0.29, 0.717) is 0 Å². The summed E-state index contributed by atoms with van der Waals surface area (Å²) in [5, 5.41) is 0. The maximum Gasteiger partial charge on any atom is 3.00 e. The molecule has 0 bridgehead atoms. The van der Waals surface area contributed by atoms with E-state index in [1.165, 1.54) is 38.9 Å². The van der Waals surface area contributed by atoms with Gasteiger partial charge in [0.15, 0.2) is 0 Å². The van der Waals surface area contributed by atoms with E-state index in [0.717, 1.165) is 5.69 Å². The maximum absolute atomic E-state index is 5.62. The van der Waals surface area contributed by atoms with E-state index in [4.69, 9.17) is 4.98 Å². The number of benzene rings is 5. The first kappa shape index (κ1) is 31.8. The Labute approximate surface area is 266 Å². The summed E-state index contributed by atoms with van der Waals surface area (Å²) in [6.07, 6.45) is 0. The predicted molar refractivity (Wildman–Crippen MR) is 171 cm³/mol. The van der Waals surface area contributed by atoms with Crippen molar-refractivity contribution >= 4 is 40.1 Å². The molecule has 0 unspecified atom stereocenters. The number of nitrogens with zero attached hydrogens (tertiary/aromatic N) is 1. The van der Waals surface area contributed by atoms with E-state index >= 15 is 0 Å². The minimum Gasteiger partial charge on any atom is -1.00 e. The molecule has 2 radical (unpaired) electrons. The Morgan fingerprint density at radius 2 is 0.775 bits per heavy atom. The molecule has 200 valence electrons. The Morgan fingerprint density at radius 1 is 0.500 bits per heavy atom. The Balaban J connectivity index is 0.00000220. The average Bonchev–Trinajstić information content (AvgIpc) is 2.93. The number of hydrogen-bond acceptors (Lipinski definition) is 0. The van der Waals surface area contributed by atoms with Crippen LogP contribution in [0.5, 0.6) is 0 Å². The van der Waals surface area contributed by atoms with Gasteiger partial charge < -0.3 is 17.4 Å². The molecule has 40 heavy (non-hydrogen) atoms. The van der Waals surface area contributed by atoms with Crippen molar-refractivity contribution in [3.8, 4) is 0 Å². The van der Waals surface area contributed by atoms with E-state index in [-0.39, 0.29) is 50.4 Å². The molecule has 0 aliphatic heterocycles. The molecule has 5 rings (SSSR count). The molecule has 0 aliphatic rings. The van der Waals surface area contributed by atoms with Crippen LogP contribution in [0.3, 0.4) is 0 Å². The van der Waals surface area contributed by atoms with Gasteiger partial charge in [0.1, 0.15) is 0 Å². The maximum atomic E-state index is 5.62. The fraction of sp³-hybridized carbons (Fsp3) is 0.167. The predicted octanol–water partition coefficient (Wildman–Crippen LogP) is 6.82. The summed E-state index contributed by atoms with van der Waals surface area (Å²) in [4.78, 5) is 5.62. The largest absolute Gasteiger partial charge is 3.00 e. The first-order valence-electron chi connectivity index (χ1n) is 13.5. The second-order valence-electron chi connectivity index (χ2n) is 11.1. The topological polar surface area (TPSA) is 14.1 Å². The zero-order valence-corrected chi connectivity index (χ0v) is 28.9. The van der Waals surface area contributed by atoms with Crippen LogP contribution in [0.2, 0.25) is 19.6 Å². The molecule has 5 aromatic carbocycles. The van der Waals surface area contributed by atoms with Crippen molar-refractivity contribution in [1.82, 2.24) is 0 Å². The quantitative estimate of drug-likeness (QED) is 0.122. The molecular weight excluding hydrogens is 719 g/mol. The van der Waals surface area contributed by atoms with Crippen molar-refractivity contribution in [2.75, 3.05) is 0 Å². The normalized spacial score (nSPS) is 11.1. The first-order valence-corrected chi connectivity index (χ1v) is 16.9. The molecule has 0 aromatic heterocycles.